The monoisotopic (exact) mass is 233 g/mol. The van der Waals surface area contributed by atoms with Crippen molar-refractivity contribution in [3.63, 3.8) is 0 Å². The minimum atomic E-state index is 0.0989. The molecule has 1 aromatic heterocycles. The van der Waals surface area contributed by atoms with Crippen LogP contribution in [0, 0.1) is 5.92 Å². The van der Waals surface area contributed by atoms with E-state index >= 15 is 0 Å². The fourth-order valence-corrected chi connectivity index (χ4v) is 2.10. The second-order valence-corrected chi connectivity index (χ2v) is 4.55. The van der Waals surface area contributed by atoms with E-state index in [1.807, 2.05) is 12.1 Å². The Bertz CT molecular complexity index is 347. The van der Waals surface area contributed by atoms with Crippen LogP contribution in [0.5, 0.6) is 0 Å². The van der Waals surface area contributed by atoms with Gasteiger partial charge in [-0.2, -0.15) is 0 Å². The Morgan fingerprint density at radius 3 is 3.00 bits per heavy atom. The van der Waals surface area contributed by atoms with Crippen molar-refractivity contribution in [2.45, 2.75) is 19.3 Å². The molecule has 1 aliphatic rings. The Morgan fingerprint density at radius 2 is 2.29 bits per heavy atom. The van der Waals surface area contributed by atoms with Gasteiger partial charge in [0.15, 0.2) is 0 Å². The number of hydrogen-bond donors (Lipinski definition) is 2. The van der Waals surface area contributed by atoms with E-state index in [1.165, 1.54) is 12.8 Å². The van der Waals surface area contributed by atoms with Crippen molar-refractivity contribution in [3.8, 4) is 0 Å². The standard InChI is InChI=1S/C13H19N3O/c17-13(8-11-3-6-14-7-4-11)16-10-12-2-1-5-15-9-12/h3-4,6-7,12,15H,1-2,5,8-10H2,(H,16,17). The maximum atomic E-state index is 11.7. The first-order chi connectivity index (χ1) is 8.34. The summed E-state index contributed by atoms with van der Waals surface area (Å²) in [5.41, 5.74) is 1.01. The van der Waals surface area contributed by atoms with E-state index in [1.54, 1.807) is 12.4 Å². The summed E-state index contributed by atoms with van der Waals surface area (Å²) in [5, 5.41) is 6.35. The summed E-state index contributed by atoms with van der Waals surface area (Å²) < 4.78 is 0. The molecule has 1 unspecified atom stereocenters. The number of amides is 1. The fraction of sp³-hybridized carbons (Fsp3) is 0.538. The van der Waals surface area contributed by atoms with Gasteiger partial charge >= 0.3 is 0 Å². The molecule has 2 N–H and O–H groups in total. The molecule has 0 bridgehead atoms. The molecule has 2 rings (SSSR count). The molecule has 1 amide bonds. The molecule has 0 aromatic carbocycles. The second kappa shape index (κ2) is 6.35. The number of nitrogens with zero attached hydrogens (tertiary/aromatic N) is 1. The zero-order valence-corrected chi connectivity index (χ0v) is 9.98. The second-order valence-electron chi connectivity index (χ2n) is 4.55. The van der Waals surface area contributed by atoms with Crippen LogP contribution in [0.4, 0.5) is 0 Å². The number of carbonyl (C=O) groups excluding carboxylic acids is 1. The van der Waals surface area contributed by atoms with Gasteiger partial charge in [0.05, 0.1) is 6.42 Å². The summed E-state index contributed by atoms with van der Waals surface area (Å²) in [6.45, 7) is 2.92. The number of hydrogen-bond acceptors (Lipinski definition) is 3. The summed E-state index contributed by atoms with van der Waals surface area (Å²) in [7, 11) is 0. The molecule has 17 heavy (non-hydrogen) atoms. The zero-order valence-electron chi connectivity index (χ0n) is 9.98. The van der Waals surface area contributed by atoms with Gasteiger partial charge in [0, 0.05) is 18.9 Å². The van der Waals surface area contributed by atoms with Crippen LogP contribution in [0.3, 0.4) is 0 Å². The molecule has 1 aromatic rings. The van der Waals surface area contributed by atoms with Gasteiger partial charge in [-0.1, -0.05) is 0 Å². The number of carbonyl (C=O) groups is 1. The van der Waals surface area contributed by atoms with Crippen LogP contribution in [-0.4, -0.2) is 30.5 Å². The van der Waals surface area contributed by atoms with E-state index in [0.717, 1.165) is 25.2 Å². The molecule has 1 saturated heterocycles. The molecule has 1 aliphatic heterocycles. The minimum absolute atomic E-state index is 0.0989. The summed E-state index contributed by atoms with van der Waals surface area (Å²) in [4.78, 5) is 15.6. The van der Waals surface area contributed by atoms with Gasteiger partial charge in [-0.15, -0.1) is 0 Å². The van der Waals surface area contributed by atoms with Gasteiger partial charge in [0.25, 0.3) is 0 Å². The van der Waals surface area contributed by atoms with Gasteiger partial charge in [0.1, 0.15) is 0 Å². The van der Waals surface area contributed by atoms with E-state index in [0.29, 0.717) is 12.3 Å². The molecule has 0 radical (unpaired) electrons. The molecule has 1 atom stereocenters. The van der Waals surface area contributed by atoms with Crippen molar-refractivity contribution in [3.05, 3.63) is 30.1 Å². The summed E-state index contributed by atoms with van der Waals surface area (Å²) in [6, 6.07) is 3.75. The number of pyridine rings is 1. The normalized spacial score (nSPS) is 19.9. The van der Waals surface area contributed by atoms with E-state index in [9.17, 15) is 4.79 Å². The van der Waals surface area contributed by atoms with E-state index in [4.69, 9.17) is 0 Å². The predicted octanol–water partition coefficient (Wildman–Crippen LogP) is 0.740. The van der Waals surface area contributed by atoms with Gasteiger partial charge in [-0.3, -0.25) is 9.78 Å². The van der Waals surface area contributed by atoms with Gasteiger partial charge < -0.3 is 10.6 Å². The highest BCUT2D eigenvalue weighted by Crippen LogP contribution is 2.08. The van der Waals surface area contributed by atoms with Crippen molar-refractivity contribution < 1.29 is 4.79 Å². The van der Waals surface area contributed by atoms with Crippen LogP contribution >= 0.6 is 0 Å². The average Bonchev–Trinajstić information content (AvgIpc) is 2.39. The van der Waals surface area contributed by atoms with Crippen molar-refractivity contribution in [1.82, 2.24) is 15.6 Å². The summed E-state index contributed by atoms with van der Waals surface area (Å²) in [5.74, 6) is 0.687. The molecule has 1 fully saturated rings. The van der Waals surface area contributed by atoms with Crippen LogP contribution < -0.4 is 10.6 Å². The lowest BCUT2D eigenvalue weighted by molar-refractivity contribution is -0.120. The summed E-state index contributed by atoms with van der Waals surface area (Å²) >= 11 is 0. The summed E-state index contributed by atoms with van der Waals surface area (Å²) in [6.07, 6.45) is 6.30. The largest absolute Gasteiger partial charge is 0.355 e. The Hall–Kier alpha value is -1.42. The van der Waals surface area contributed by atoms with E-state index in [2.05, 4.69) is 15.6 Å². The topological polar surface area (TPSA) is 54.0 Å². The first-order valence-corrected chi connectivity index (χ1v) is 6.21. The molecule has 0 aliphatic carbocycles. The Kier molecular flexibility index (Phi) is 4.50. The molecule has 0 saturated carbocycles. The maximum Gasteiger partial charge on any atom is 0.224 e. The number of aromatic nitrogens is 1. The molecular weight excluding hydrogens is 214 g/mol. The molecular formula is C13H19N3O. The minimum Gasteiger partial charge on any atom is -0.355 e. The maximum absolute atomic E-state index is 11.7. The number of rotatable bonds is 4. The highest BCUT2D eigenvalue weighted by atomic mass is 16.1. The zero-order chi connectivity index (χ0) is 11.9. The lowest BCUT2D eigenvalue weighted by Gasteiger charge is -2.22. The highest BCUT2D eigenvalue weighted by molar-refractivity contribution is 5.78. The third kappa shape index (κ3) is 4.15. The Labute approximate surface area is 102 Å². The van der Waals surface area contributed by atoms with Gasteiger partial charge in [0.2, 0.25) is 5.91 Å². The third-order valence-corrected chi connectivity index (χ3v) is 3.10. The van der Waals surface area contributed by atoms with Crippen molar-refractivity contribution in [1.29, 1.82) is 0 Å². The van der Waals surface area contributed by atoms with E-state index in [-0.39, 0.29) is 5.91 Å². The lowest BCUT2D eigenvalue weighted by atomic mass is 10.00. The Balaban J connectivity index is 1.70. The van der Waals surface area contributed by atoms with Gasteiger partial charge in [-0.05, 0) is 49.5 Å². The molecule has 92 valence electrons. The van der Waals surface area contributed by atoms with Crippen molar-refractivity contribution >= 4 is 5.91 Å². The average molecular weight is 233 g/mol. The van der Waals surface area contributed by atoms with Gasteiger partial charge in [-0.25, -0.2) is 0 Å². The molecule has 2 heterocycles. The fourth-order valence-electron chi connectivity index (χ4n) is 2.10. The molecule has 4 heteroatoms. The third-order valence-electron chi connectivity index (χ3n) is 3.10. The highest BCUT2D eigenvalue weighted by Gasteiger charge is 2.13. The number of nitrogens with one attached hydrogen (secondary N) is 2. The van der Waals surface area contributed by atoms with Crippen molar-refractivity contribution in [2.24, 2.45) is 5.92 Å². The smallest absolute Gasteiger partial charge is 0.224 e. The van der Waals surface area contributed by atoms with Crippen LogP contribution in [0.25, 0.3) is 0 Å². The van der Waals surface area contributed by atoms with Crippen LogP contribution in [-0.2, 0) is 11.2 Å². The van der Waals surface area contributed by atoms with E-state index < -0.39 is 0 Å². The van der Waals surface area contributed by atoms with Crippen LogP contribution in [0.15, 0.2) is 24.5 Å². The van der Waals surface area contributed by atoms with Crippen molar-refractivity contribution in [2.75, 3.05) is 19.6 Å². The quantitative estimate of drug-likeness (QED) is 0.806. The first-order valence-electron chi connectivity index (χ1n) is 6.21. The van der Waals surface area contributed by atoms with Crippen LogP contribution in [0.2, 0.25) is 0 Å². The predicted molar refractivity (Wildman–Crippen MR) is 66.5 cm³/mol. The number of piperidine rings is 1. The molecule has 0 spiro atoms. The Morgan fingerprint density at radius 1 is 1.47 bits per heavy atom. The lowest BCUT2D eigenvalue weighted by Crippen LogP contribution is -2.38. The first kappa shape index (κ1) is 12.0. The molecule has 4 nitrogen and oxygen atoms in total. The SMILES string of the molecule is O=C(Cc1ccncc1)NCC1CCCNC1. The van der Waals surface area contributed by atoms with Crippen LogP contribution in [0.1, 0.15) is 18.4 Å².